The summed E-state index contributed by atoms with van der Waals surface area (Å²) in [6.45, 7) is 3.99. The van der Waals surface area contributed by atoms with Gasteiger partial charge in [-0.05, 0) is 18.1 Å². The number of pyridine rings is 1. The van der Waals surface area contributed by atoms with Crippen LogP contribution < -0.4 is 0 Å². The van der Waals surface area contributed by atoms with Gasteiger partial charge in [0.25, 0.3) is 0 Å². The highest BCUT2D eigenvalue weighted by molar-refractivity contribution is 6.02. The molecule has 0 saturated heterocycles. The largest absolute Gasteiger partial charge is 0.385 e. The molecular weight excluding hydrogens is 238 g/mol. The summed E-state index contributed by atoms with van der Waals surface area (Å²) < 4.78 is 0. The molecule has 0 radical (unpaired) electrons. The van der Waals surface area contributed by atoms with Gasteiger partial charge in [-0.15, -0.1) is 0 Å². The van der Waals surface area contributed by atoms with E-state index < -0.39 is 6.10 Å². The number of carbonyl (C=O) groups excluding carboxylic acids is 1. The number of aliphatic hydroxyl groups excluding tert-OH is 1. The number of nitrogens with zero attached hydrogens (tertiary/aromatic N) is 1. The molecular formula is C16H19NO2. The Balaban J connectivity index is 2.30. The van der Waals surface area contributed by atoms with E-state index in [0.717, 1.165) is 23.7 Å². The first kappa shape index (κ1) is 13.7. The van der Waals surface area contributed by atoms with Crippen molar-refractivity contribution >= 4 is 16.7 Å². The quantitative estimate of drug-likeness (QED) is 0.837. The molecule has 19 heavy (non-hydrogen) atoms. The zero-order valence-electron chi connectivity index (χ0n) is 11.3. The van der Waals surface area contributed by atoms with Crippen LogP contribution in [0.15, 0.2) is 36.5 Å². The van der Waals surface area contributed by atoms with Gasteiger partial charge in [0.2, 0.25) is 0 Å². The van der Waals surface area contributed by atoms with Gasteiger partial charge in [-0.25, -0.2) is 0 Å². The van der Waals surface area contributed by atoms with Gasteiger partial charge in [-0.1, -0.05) is 44.9 Å². The van der Waals surface area contributed by atoms with Crippen molar-refractivity contribution in [1.29, 1.82) is 0 Å². The number of Topliss-reactive ketones (excluding diaryl/α,β-unsaturated/α-hetero) is 1. The highest BCUT2D eigenvalue weighted by Crippen LogP contribution is 2.20. The number of fused-ring (bicyclic) bond motifs is 1. The van der Waals surface area contributed by atoms with E-state index in [4.69, 9.17) is 0 Å². The van der Waals surface area contributed by atoms with Crippen molar-refractivity contribution in [3.63, 3.8) is 0 Å². The van der Waals surface area contributed by atoms with Crippen molar-refractivity contribution in [2.45, 2.75) is 32.8 Å². The molecule has 3 heteroatoms. The van der Waals surface area contributed by atoms with Crippen LogP contribution in [0.2, 0.25) is 0 Å². The molecule has 0 spiro atoms. The van der Waals surface area contributed by atoms with E-state index in [1.165, 1.54) is 0 Å². The summed E-state index contributed by atoms with van der Waals surface area (Å²) in [7, 11) is 0. The van der Waals surface area contributed by atoms with Crippen molar-refractivity contribution in [3.05, 3.63) is 42.1 Å². The first-order valence-electron chi connectivity index (χ1n) is 6.74. The molecule has 0 aliphatic rings. The molecule has 2 rings (SSSR count). The van der Waals surface area contributed by atoms with Gasteiger partial charge in [0.05, 0.1) is 5.52 Å². The summed E-state index contributed by atoms with van der Waals surface area (Å²) in [5.74, 6) is -0.187. The third kappa shape index (κ3) is 2.82. The standard InChI is InChI=1S/C16H19NO2/c1-3-11(4-2)15(18)16(19)13-8-7-12-6-5-9-17-14(12)10-13/h5-11,15,18H,3-4H2,1-2H3. The van der Waals surface area contributed by atoms with Crippen LogP contribution in [-0.4, -0.2) is 22.0 Å². The fourth-order valence-electron chi connectivity index (χ4n) is 2.34. The predicted octanol–water partition coefficient (Wildman–Crippen LogP) is 3.21. The number of hydrogen-bond acceptors (Lipinski definition) is 3. The number of aromatic nitrogens is 1. The Bertz CT molecular complexity index is 576. The highest BCUT2D eigenvalue weighted by atomic mass is 16.3. The summed E-state index contributed by atoms with van der Waals surface area (Å²) >= 11 is 0. The predicted molar refractivity (Wildman–Crippen MR) is 76.2 cm³/mol. The maximum absolute atomic E-state index is 12.3. The summed E-state index contributed by atoms with van der Waals surface area (Å²) in [6, 6.07) is 9.20. The molecule has 0 fully saturated rings. The number of aliphatic hydroxyl groups is 1. The molecule has 1 N–H and O–H groups in total. The van der Waals surface area contributed by atoms with Crippen molar-refractivity contribution in [3.8, 4) is 0 Å². The maximum Gasteiger partial charge on any atom is 0.191 e. The summed E-state index contributed by atoms with van der Waals surface area (Å²) in [4.78, 5) is 16.5. The minimum atomic E-state index is -0.920. The normalized spacial score (nSPS) is 12.8. The van der Waals surface area contributed by atoms with Crippen LogP contribution in [0.5, 0.6) is 0 Å². The van der Waals surface area contributed by atoms with Crippen molar-refractivity contribution in [2.75, 3.05) is 0 Å². The van der Waals surface area contributed by atoms with Crippen LogP contribution >= 0.6 is 0 Å². The number of ketones is 1. The van der Waals surface area contributed by atoms with Gasteiger partial charge in [0.1, 0.15) is 6.10 Å². The second kappa shape index (κ2) is 5.93. The van der Waals surface area contributed by atoms with Crippen LogP contribution in [-0.2, 0) is 0 Å². The van der Waals surface area contributed by atoms with E-state index >= 15 is 0 Å². The Morgan fingerprint density at radius 3 is 2.68 bits per heavy atom. The van der Waals surface area contributed by atoms with E-state index in [1.807, 2.05) is 32.0 Å². The topological polar surface area (TPSA) is 50.2 Å². The minimum Gasteiger partial charge on any atom is -0.385 e. The van der Waals surface area contributed by atoms with Gasteiger partial charge in [0, 0.05) is 17.1 Å². The summed E-state index contributed by atoms with van der Waals surface area (Å²) in [5.41, 5.74) is 1.32. The SMILES string of the molecule is CCC(CC)C(O)C(=O)c1ccc2cccnc2c1. The maximum atomic E-state index is 12.3. The van der Waals surface area contributed by atoms with Crippen LogP contribution in [0, 0.1) is 5.92 Å². The molecule has 1 aromatic heterocycles. The van der Waals surface area contributed by atoms with Gasteiger partial charge >= 0.3 is 0 Å². The summed E-state index contributed by atoms with van der Waals surface area (Å²) in [6.07, 6.45) is 2.38. The second-order valence-corrected chi connectivity index (χ2v) is 4.80. The molecule has 100 valence electrons. The van der Waals surface area contributed by atoms with E-state index in [9.17, 15) is 9.90 Å². The van der Waals surface area contributed by atoms with E-state index in [2.05, 4.69) is 4.98 Å². The number of benzene rings is 1. The van der Waals surface area contributed by atoms with E-state index in [-0.39, 0.29) is 11.7 Å². The molecule has 0 saturated carbocycles. The zero-order chi connectivity index (χ0) is 13.8. The Hall–Kier alpha value is -1.74. The second-order valence-electron chi connectivity index (χ2n) is 4.80. The number of hydrogen-bond donors (Lipinski definition) is 1. The lowest BCUT2D eigenvalue weighted by Crippen LogP contribution is -2.29. The van der Waals surface area contributed by atoms with Crippen LogP contribution in [0.25, 0.3) is 10.9 Å². The van der Waals surface area contributed by atoms with Crippen molar-refractivity contribution < 1.29 is 9.90 Å². The molecule has 2 aromatic rings. The minimum absolute atomic E-state index is 0.0203. The fraction of sp³-hybridized carbons (Fsp3) is 0.375. The van der Waals surface area contributed by atoms with Crippen LogP contribution in [0.4, 0.5) is 0 Å². The molecule has 0 bridgehead atoms. The molecule has 1 unspecified atom stereocenters. The fourth-order valence-corrected chi connectivity index (χ4v) is 2.34. The molecule has 0 amide bonds. The molecule has 0 aliphatic carbocycles. The van der Waals surface area contributed by atoms with Gasteiger partial charge in [-0.2, -0.15) is 0 Å². The molecule has 1 heterocycles. The summed E-state index contributed by atoms with van der Waals surface area (Å²) in [5, 5.41) is 11.1. The lowest BCUT2D eigenvalue weighted by Gasteiger charge is -2.18. The van der Waals surface area contributed by atoms with E-state index in [0.29, 0.717) is 5.56 Å². The molecule has 0 aliphatic heterocycles. The monoisotopic (exact) mass is 257 g/mol. The number of rotatable bonds is 5. The Morgan fingerprint density at radius 1 is 1.26 bits per heavy atom. The number of carbonyl (C=O) groups is 1. The lowest BCUT2D eigenvalue weighted by molar-refractivity contribution is 0.0588. The van der Waals surface area contributed by atoms with Crippen molar-refractivity contribution in [1.82, 2.24) is 4.98 Å². The van der Waals surface area contributed by atoms with Gasteiger partial charge in [0.15, 0.2) is 5.78 Å². The highest BCUT2D eigenvalue weighted by Gasteiger charge is 2.24. The molecule has 1 atom stereocenters. The Kier molecular flexibility index (Phi) is 4.27. The van der Waals surface area contributed by atoms with Gasteiger partial charge < -0.3 is 5.11 Å². The molecule has 3 nitrogen and oxygen atoms in total. The molecule has 1 aromatic carbocycles. The van der Waals surface area contributed by atoms with Crippen LogP contribution in [0.3, 0.4) is 0 Å². The van der Waals surface area contributed by atoms with E-state index in [1.54, 1.807) is 18.3 Å². The zero-order valence-corrected chi connectivity index (χ0v) is 11.3. The first-order valence-corrected chi connectivity index (χ1v) is 6.74. The van der Waals surface area contributed by atoms with Gasteiger partial charge in [-0.3, -0.25) is 9.78 Å². The Morgan fingerprint density at radius 2 is 2.00 bits per heavy atom. The Labute approximate surface area is 113 Å². The lowest BCUT2D eigenvalue weighted by atomic mass is 9.90. The third-order valence-electron chi connectivity index (χ3n) is 3.65. The average Bonchev–Trinajstić information content (AvgIpc) is 2.47. The third-order valence-corrected chi connectivity index (χ3v) is 3.65. The average molecular weight is 257 g/mol. The van der Waals surface area contributed by atoms with Crippen molar-refractivity contribution in [2.24, 2.45) is 5.92 Å². The van der Waals surface area contributed by atoms with Crippen LogP contribution in [0.1, 0.15) is 37.0 Å². The first-order chi connectivity index (χ1) is 9.17. The smallest absolute Gasteiger partial charge is 0.191 e.